The largest absolute Gasteiger partial charge is 0.467 e. The molecule has 2 amide bonds. The van der Waals surface area contributed by atoms with Gasteiger partial charge >= 0.3 is 0 Å². The van der Waals surface area contributed by atoms with Crippen molar-refractivity contribution >= 4 is 11.8 Å². The van der Waals surface area contributed by atoms with E-state index in [1.807, 2.05) is 17.9 Å². The zero-order chi connectivity index (χ0) is 15.1. The van der Waals surface area contributed by atoms with Crippen molar-refractivity contribution in [3.63, 3.8) is 0 Å². The molecule has 0 saturated carbocycles. The SMILES string of the molecule is C[C@@H](NCCCN1CCCC1=O)C(=O)NCc1ccco1. The summed E-state index contributed by atoms with van der Waals surface area (Å²) in [5, 5.41) is 5.98. The molecule has 0 bridgehead atoms. The van der Waals surface area contributed by atoms with E-state index in [0.29, 0.717) is 13.0 Å². The Morgan fingerprint density at radius 2 is 2.38 bits per heavy atom. The third-order valence-corrected chi connectivity index (χ3v) is 3.64. The van der Waals surface area contributed by atoms with Crippen LogP contribution in [0.15, 0.2) is 22.8 Å². The Morgan fingerprint density at radius 3 is 3.05 bits per heavy atom. The molecular formula is C15H23N3O3. The first-order valence-corrected chi connectivity index (χ1v) is 7.48. The van der Waals surface area contributed by atoms with Crippen molar-refractivity contribution in [2.24, 2.45) is 0 Å². The first-order valence-electron chi connectivity index (χ1n) is 7.48. The number of likely N-dealkylation sites (tertiary alicyclic amines) is 1. The van der Waals surface area contributed by atoms with E-state index in [1.165, 1.54) is 0 Å². The van der Waals surface area contributed by atoms with Crippen molar-refractivity contribution in [3.8, 4) is 0 Å². The lowest BCUT2D eigenvalue weighted by atomic mass is 10.3. The minimum absolute atomic E-state index is 0.0522. The van der Waals surface area contributed by atoms with Gasteiger partial charge in [-0.2, -0.15) is 0 Å². The Labute approximate surface area is 124 Å². The van der Waals surface area contributed by atoms with Crippen molar-refractivity contribution in [1.82, 2.24) is 15.5 Å². The molecule has 1 saturated heterocycles. The van der Waals surface area contributed by atoms with Crippen LogP contribution in [0, 0.1) is 0 Å². The fourth-order valence-electron chi connectivity index (χ4n) is 2.36. The molecule has 1 atom stereocenters. The Balaban J connectivity index is 1.56. The summed E-state index contributed by atoms with van der Waals surface area (Å²) in [5.74, 6) is 0.936. The van der Waals surface area contributed by atoms with Gasteiger partial charge in [0.2, 0.25) is 11.8 Å². The normalized spacial score (nSPS) is 16.2. The first kappa shape index (κ1) is 15.6. The number of nitrogens with zero attached hydrogens (tertiary/aromatic N) is 1. The first-order chi connectivity index (χ1) is 10.2. The van der Waals surface area contributed by atoms with E-state index >= 15 is 0 Å². The van der Waals surface area contributed by atoms with E-state index in [9.17, 15) is 9.59 Å². The highest BCUT2D eigenvalue weighted by atomic mass is 16.3. The molecule has 6 heteroatoms. The van der Waals surface area contributed by atoms with Gasteiger partial charge in [-0.1, -0.05) is 0 Å². The second kappa shape index (κ2) is 7.83. The summed E-state index contributed by atoms with van der Waals surface area (Å²) in [6.07, 6.45) is 4.10. The molecule has 2 heterocycles. The maximum atomic E-state index is 11.9. The Kier molecular flexibility index (Phi) is 5.80. The van der Waals surface area contributed by atoms with Crippen LogP contribution in [0.5, 0.6) is 0 Å². The highest BCUT2D eigenvalue weighted by molar-refractivity contribution is 5.81. The van der Waals surface area contributed by atoms with Crippen LogP contribution >= 0.6 is 0 Å². The second-order valence-corrected chi connectivity index (χ2v) is 5.31. The molecule has 0 unspecified atom stereocenters. The molecular weight excluding hydrogens is 270 g/mol. The summed E-state index contributed by atoms with van der Waals surface area (Å²) in [6.45, 7) is 4.60. The van der Waals surface area contributed by atoms with Gasteiger partial charge in [0.25, 0.3) is 0 Å². The van der Waals surface area contributed by atoms with Crippen LogP contribution < -0.4 is 10.6 Å². The van der Waals surface area contributed by atoms with Crippen LogP contribution in [-0.4, -0.2) is 42.4 Å². The maximum absolute atomic E-state index is 11.9. The van der Waals surface area contributed by atoms with Gasteiger partial charge in [0, 0.05) is 19.5 Å². The van der Waals surface area contributed by atoms with Gasteiger partial charge in [-0.25, -0.2) is 0 Å². The van der Waals surface area contributed by atoms with Crippen molar-refractivity contribution < 1.29 is 14.0 Å². The van der Waals surface area contributed by atoms with Crippen LogP contribution in [0.25, 0.3) is 0 Å². The standard InChI is InChI=1S/C15H23N3O3/c1-12(15(20)17-11-13-5-3-10-21-13)16-7-4-9-18-8-2-6-14(18)19/h3,5,10,12,16H,2,4,6-9,11H2,1H3,(H,17,20)/t12-/m1/s1. The van der Waals surface area contributed by atoms with Crippen molar-refractivity contribution in [2.75, 3.05) is 19.6 Å². The Hall–Kier alpha value is -1.82. The average Bonchev–Trinajstić information content (AvgIpc) is 3.12. The van der Waals surface area contributed by atoms with E-state index in [-0.39, 0.29) is 17.9 Å². The smallest absolute Gasteiger partial charge is 0.237 e. The molecule has 1 fully saturated rings. The van der Waals surface area contributed by atoms with Gasteiger partial charge in [-0.05, 0) is 38.4 Å². The Bertz CT molecular complexity index is 459. The number of rotatable bonds is 8. The molecule has 0 spiro atoms. The summed E-state index contributed by atoms with van der Waals surface area (Å²) < 4.78 is 5.16. The minimum atomic E-state index is -0.255. The number of nitrogens with one attached hydrogen (secondary N) is 2. The summed E-state index contributed by atoms with van der Waals surface area (Å²) in [5.41, 5.74) is 0. The van der Waals surface area contributed by atoms with E-state index in [1.54, 1.807) is 12.3 Å². The maximum Gasteiger partial charge on any atom is 0.237 e. The number of carbonyl (C=O) groups is 2. The molecule has 0 aliphatic carbocycles. The number of amides is 2. The third kappa shape index (κ3) is 4.90. The molecule has 2 N–H and O–H groups in total. The highest BCUT2D eigenvalue weighted by Gasteiger charge is 2.19. The topological polar surface area (TPSA) is 74.6 Å². The molecule has 6 nitrogen and oxygen atoms in total. The second-order valence-electron chi connectivity index (χ2n) is 5.31. The molecule has 1 aliphatic rings. The van der Waals surface area contributed by atoms with Crippen LogP contribution in [-0.2, 0) is 16.1 Å². The molecule has 0 radical (unpaired) electrons. The predicted molar refractivity (Wildman–Crippen MR) is 78.5 cm³/mol. The van der Waals surface area contributed by atoms with Gasteiger partial charge in [-0.3, -0.25) is 9.59 Å². The number of hydrogen-bond acceptors (Lipinski definition) is 4. The average molecular weight is 293 g/mol. The van der Waals surface area contributed by atoms with E-state index < -0.39 is 0 Å². The summed E-state index contributed by atoms with van der Waals surface area (Å²) in [6, 6.07) is 3.36. The van der Waals surface area contributed by atoms with E-state index in [2.05, 4.69) is 10.6 Å². The molecule has 1 aliphatic heterocycles. The zero-order valence-electron chi connectivity index (χ0n) is 12.4. The fourth-order valence-corrected chi connectivity index (χ4v) is 2.36. The van der Waals surface area contributed by atoms with Crippen molar-refractivity contribution in [1.29, 1.82) is 0 Å². The third-order valence-electron chi connectivity index (χ3n) is 3.64. The molecule has 0 aromatic carbocycles. The van der Waals surface area contributed by atoms with Crippen molar-refractivity contribution in [2.45, 2.75) is 38.8 Å². The van der Waals surface area contributed by atoms with Crippen LogP contribution in [0.3, 0.4) is 0 Å². The minimum Gasteiger partial charge on any atom is -0.467 e. The van der Waals surface area contributed by atoms with E-state index in [4.69, 9.17) is 4.42 Å². The molecule has 1 aromatic rings. The monoisotopic (exact) mass is 293 g/mol. The summed E-state index contributed by atoms with van der Waals surface area (Å²) in [7, 11) is 0. The lowest BCUT2D eigenvalue weighted by Crippen LogP contribution is -2.42. The van der Waals surface area contributed by atoms with Gasteiger partial charge in [0.05, 0.1) is 18.8 Å². The Morgan fingerprint density at radius 1 is 1.52 bits per heavy atom. The summed E-state index contributed by atoms with van der Waals surface area (Å²) in [4.78, 5) is 25.2. The quantitative estimate of drug-likeness (QED) is 0.698. The molecule has 1 aromatic heterocycles. The van der Waals surface area contributed by atoms with Gasteiger partial charge in [-0.15, -0.1) is 0 Å². The van der Waals surface area contributed by atoms with E-state index in [0.717, 1.165) is 38.2 Å². The van der Waals surface area contributed by atoms with Crippen LogP contribution in [0.1, 0.15) is 31.9 Å². The lowest BCUT2D eigenvalue weighted by molar-refractivity contribution is -0.128. The number of furan rings is 1. The predicted octanol–water partition coefficient (Wildman–Crippen LogP) is 0.886. The van der Waals surface area contributed by atoms with Gasteiger partial charge < -0.3 is 20.0 Å². The number of hydrogen-bond donors (Lipinski definition) is 2. The lowest BCUT2D eigenvalue weighted by Gasteiger charge is -2.17. The zero-order valence-corrected chi connectivity index (χ0v) is 12.4. The molecule has 21 heavy (non-hydrogen) atoms. The van der Waals surface area contributed by atoms with Gasteiger partial charge in [0.1, 0.15) is 5.76 Å². The van der Waals surface area contributed by atoms with Crippen LogP contribution in [0.2, 0.25) is 0 Å². The van der Waals surface area contributed by atoms with Crippen molar-refractivity contribution in [3.05, 3.63) is 24.2 Å². The summed E-state index contributed by atoms with van der Waals surface area (Å²) >= 11 is 0. The van der Waals surface area contributed by atoms with Crippen LogP contribution in [0.4, 0.5) is 0 Å². The highest BCUT2D eigenvalue weighted by Crippen LogP contribution is 2.09. The number of carbonyl (C=O) groups excluding carboxylic acids is 2. The molecule has 2 rings (SSSR count). The molecule has 116 valence electrons. The fraction of sp³-hybridized carbons (Fsp3) is 0.600. The van der Waals surface area contributed by atoms with Gasteiger partial charge in [0.15, 0.2) is 0 Å².